The molecule has 0 atom stereocenters. The van der Waals surface area contributed by atoms with Crippen LogP contribution in [0.4, 0.5) is 21.9 Å². The fraction of sp³-hybridized carbons (Fsp3) is 0. The van der Waals surface area contributed by atoms with Crippen LogP contribution < -0.4 is 15.4 Å². The number of anilines is 3. The fourth-order valence-corrected chi connectivity index (χ4v) is 3.86. The van der Waals surface area contributed by atoms with Gasteiger partial charge >= 0.3 is 6.03 Å². The Bertz CT molecular complexity index is 929. The zero-order valence-corrected chi connectivity index (χ0v) is 14.3. The topological polar surface area (TPSA) is 53.2 Å². The van der Waals surface area contributed by atoms with Crippen LogP contribution >= 0.6 is 27.9 Å². The van der Waals surface area contributed by atoms with Gasteiger partial charge in [-0.15, -0.1) is 0 Å². The molecule has 0 saturated heterocycles. The molecule has 0 bridgehead atoms. The van der Waals surface area contributed by atoms with Gasteiger partial charge in [-0.3, -0.25) is 0 Å². The molecule has 4 rings (SSSR count). The minimum absolute atomic E-state index is 0.274. The first-order valence-electron chi connectivity index (χ1n) is 7.03. The number of para-hydroxylation sites is 1. The van der Waals surface area contributed by atoms with E-state index in [9.17, 15) is 4.79 Å². The van der Waals surface area contributed by atoms with Gasteiger partial charge in [-0.2, -0.15) is 0 Å². The van der Waals surface area contributed by atoms with E-state index in [0.29, 0.717) is 0 Å². The van der Waals surface area contributed by atoms with Gasteiger partial charge in [-0.05, 0) is 57.5 Å². The van der Waals surface area contributed by atoms with E-state index >= 15 is 0 Å². The van der Waals surface area contributed by atoms with E-state index in [1.54, 1.807) is 11.9 Å². The summed E-state index contributed by atoms with van der Waals surface area (Å²) >= 11 is 4.99. The van der Waals surface area contributed by atoms with Gasteiger partial charge in [0.25, 0.3) is 0 Å². The highest BCUT2D eigenvalue weighted by Crippen LogP contribution is 2.45. The Morgan fingerprint density at radius 2 is 1.78 bits per heavy atom. The smallest absolute Gasteiger partial charge is 0.323 e. The van der Waals surface area contributed by atoms with Crippen molar-refractivity contribution in [2.75, 3.05) is 15.4 Å². The molecule has 2 amide bonds. The highest BCUT2D eigenvalue weighted by atomic mass is 79.9. The first-order valence-corrected chi connectivity index (χ1v) is 8.64. The van der Waals surface area contributed by atoms with Gasteiger partial charge in [-0.25, -0.2) is 4.79 Å². The summed E-state index contributed by atoms with van der Waals surface area (Å²) in [5.41, 5.74) is 2.44. The maximum Gasteiger partial charge on any atom is 0.323 e. The molecule has 1 aliphatic heterocycles. The summed E-state index contributed by atoms with van der Waals surface area (Å²) in [7, 11) is 0. The summed E-state index contributed by atoms with van der Waals surface area (Å²) in [5.74, 6) is 0. The number of nitrogens with one attached hydrogen (secondary N) is 3. The minimum atomic E-state index is -0.274. The molecule has 1 heterocycles. The SMILES string of the molecule is O=C(Nc1ccccc1Br)Nc1ccc2cccc3c2c1NS3. The predicted octanol–water partition coefficient (Wildman–Crippen LogP) is 5.68. The number of carbonyl (C=O) groups excluding carboxylic acids is 1. The summed E-state index contributed by atoms with van der Waals surface area (Å²) < 4.78 is 4.13. The summed E-state index contributed by atoms with van der Waals surface area (Å²) in [6.07, 6.45) is 0. The molecule has 0 fully saturated rings. The van der Waals surface area contributed by atoms with Crippen LogP contribution in [0.5, 0.6) is 0 Å². The summed E-state index contributed by atoms with van der Waals surface area (Å²) in [6.45, 7) is 0. The number of carbonyl (C=O) groups is 1. The van der Waals surface area contributed by atoms with Crippen molar-refractivity contribution in [1.29, 1.82) is 0 Å². The lowest BCUT2D eigenvalue weighted by molar-refractivity contribution is 0.262. The molecule has 0 radical (unpaired) electrons. The molecule has 114 valence electrons. The van der Waals surface area contributed by atoms with E-state index in [4.69, 9.17) is 0 Å². The quantitative estimate of drug-likeness (QED) is 0.497. The minimum Gasteiger partial charge on any atom is -0.323 e. The largest absolute Gasteiger partial charge is 0.323 e. The number of rotatable bonds is 2. The Morgan fingerprint density at radius 3 is 2.65 bits per heavy atom. The molecule has 0 spiro atoms. The zero-order chi connectivity index (χ0) is 15.8. The lowest BCUT2D eigenvalue weighted by Crippen LogP contribution is -2.20. The van der Waals surface area contributed by atoms with Crippen molar-refractivity contribution >= 4 is 61.7 Å². The molecule has 4 nitrogen and oxygen atoms in total. The van der Waals surface area contributed by atoms with E-state index < -0.39 is 0 Å². The van der Waals surface area contributed by atoms with Gasteiger partial charge < -0.3 is 15.4 Å². The van der Waals surface area contributed by atoms with Crippen LogP contribution in [0.2, 0.25) is 0 Å². The van der Waals surface area contributed by atoms with E-state index in [2.05, 4.69) is 43.4 Å². The zero-order valence-electron chi connectivity index (χ0n) is 11.9. The molecule has 23 heavy (non-hydrogen) atoms. The summed E-state index contributed by atoms with van der Waals surface area (Å²) in [5, 5.41) is 8.07. The highest BCUT2D eigenvalue weighted by Gasteiger charge is 2.19. The number of urea groups is 1. The third-order valence-corrected chi connectivity index (χ3v) is 5.20. The average Bonchev–Trinajstić information content (AvgIpc) is 2.98. The number of benzene rings is 3. The van der Waals surface area contributed by atoms with Gasteiger partial charge in [0.05, 0.1) is 17.1 Å². The number of halogens is 1. The van der Waals surface area contributed by atoms with Crippen molar-refractivity contribution in [2.45, 2.75) is 4.90 Å². The number of hydrogen-bond donors (Lipinski definition) is 3. The Hall–Kier alpha value is -2.18. The molecule has 3 aromatic carbocycles. The van der Waals surface area contributed by atoms with Crippen molar-refractivity contribution in [1.82, 2.24) is 0 Å². The second-order valence-electron chi connectivity index (χ2n) is 5.11. The van der Waals surface area contributed by atoms with Crippen LogP contribution in [0, 0.1) is 0 Å². The summed E-state index contributed by atoms with van der Waals surface area (Å²) in [6, 6.07) is 17.3. The second kappa shape index (κ2) is 5.79. The van der Waals surface area contributed by atoms with Crippen LogP contribution in [-0.2, 0) is 0 Å². The third kappa shape index (κ3) is 2.64. The second-order valence-corrected chi connectivity index (χ2v) is 6.81. The molecule has 6 heteroatoms. The highest BCUT2D eigenvalue weighted by molar-refractivity contribution is 9.10. The normalized spacial score (nSPS) is 12.0. The third-order valence-electron chi connectivity index (χ3n) is 3.64. The van der Waals surface area contributed by atoms with E-state index in [1.807, 2.05) is 42.5 Å². The van der Waals surface area contributed by atoms with Crippen molar-refractivity contribution in [3.63, 3.8) is 0 Å². The Morgan fingerprint density at radius 1 is 0.957 bits per heavy atom. The van der Waals surface area contributed by atoms with Crippen LogP contribution in [0.3, 0.4) is 0 Å². The maximum atomic E-state index is 12.3. The number of amides is 2. The molecule has 0 aliphatic carbocycles. The van der Waals surface area contributed by atoms with Crippen LogP contribution in [0.1, 0.15) is 0 Å². The lowest BCUT2D eigenvalue weighted by Gasteiger charge is -2.12. The van der Waals surface area contributed by atoms with Gasteiger partial charge in [0, 0.05) is 14.8 Å². The standard InChI is InChI=1S/C17H12BrN3OS/c18-11-5-1-2-6-12(11)19-17(22)20-13-9-8-10-4-3-7-14-15(10)16(13)21-23-14/h1-9,21H,(H2,19,20,22). The van der Waals surface area contributed by atoms with Crippen molar-refractivity contribution in [2.24, 2.45) is 0 Å². The van der Waals surface area contributed by atoms with Crippen LogP contribution in [0.15, 0.2) is 64.0 Å². The van der Waals surface area contributed by atoms with Gasteiger partial charge in [0.15, 0.2) is 0 Å². The Kier molecular flexibility index (Phi) is 3.63. The first kappa shape index (κ1) is 14.4. The van der Waals surface area contributed by atoms with Gasteiger partial charge in [0.1, 0.15) is 0 Å². The van der Waals surface area contributed by atoms with Crippen molar-refractivity contribution in [3.8, 4) is 0 Å². The first-order chi connectivity index (χ1) is 11.2. The molecule has 0 saturated carbocycles. The van der Waals surface area contributed by atoms with Crippen LogP contribution in [-0.4, -0.2) is 6.03 Å². The summed E-state index contributed by atoms with van der Waals surface area (Å²) in [4.78, 5) is 13.5. The molecule has 3 N–H and O–H groups in total. The van der Waals surface area contributed by atoms with E-state index in [1.165, 1.54) is 4.90 Å². The number of hydrogen-bond acceptors (Lipinski definition) is 3. The Balaban J connectivity index is 1.62. The average molecular weight is 386 g/mol. The maximum absolute atomic E-state index is 12.3. The van der Waals surface area contributed by atoms with Crippen LogP contribution in [0.25, 0.3) is 10.8 Å². The van der Waals surface area contributed by atoms with E-state index in [-0.39, 0.29) is 6.03 Å². The lowest BCUT2D eigenvalue weighted by atomic mass is 10.1. The van der Waals surface area contributed by atoms with Crippen molar-refractivity contribution < 1.29 is 4.79 Å². The van der Waals surface area contributed by atoms with Gasteiger partial charge in [0.2, 0.25) is 0 Å². The molecular weight excluding hydrogens is 374 g/mol. The fourth-order valence-electron chi connectivity index (χ4n) is 2.59. The Labute approximate surface area is 145 Å². The molecule has 3 aromatic rings. The molecule has 1 aliphatic rings. The molecular formula is C17H12BrN3OS. The van der Waals surface area contributed by atoms with Crippen molar-refractivity contribution in [3.05, 3.63) is 59.1 Å². The van der Waals surface area contributed by atoms with E-state index in [0.717, 1.165) is 32.3 Å². The predicted molar refractivity (Wildman–Crippen MR) is 100 cm³/mol. The molecule has 0 unspecified atom stereocenters. The monoisotopic (exact) mass is 385 g/mol. The molecule has 0 aromatic heterocycles. The van der Waals surface area contributed by atoms with Gasteiger partial charge in [-0.1, -0.05) is 30.3 Å².